The monoisotopic (exact) mass is 266 g/mol. The van der Waals surface area contributed by atoms with Crippen molar-refractivity contribution in [3.8, 4) is 0 Å². The molecule has 19 heavy (non-hydrogen) atoms. The Bertz CT molecular complexity index is 488. The molecule has 0 saturated carbocycles. The molecule has 1 N–H and O–H groups in total. The Hall–Kier alpha value is -2.11. The number of rotatable bonds is 6. The average Bonchev–Trinajstić information content (AvgIpc) is 2.38. The summed E-state index contributed by atoms with van der Waals surface area (Å²) in [5, 5.41) is 20.0. The minimum absolute atomic E-state index is 0.0905. The Labute approximate surface area is 111 Å². The van der Waals surface area contributed by atoms with Crippen LogP contribution in [0.4, 0.5) is 11.4 Å². The first kappa shape index (κ1) is 14.9. The van der Waals surface area contributed by atoms with Crippen molar-refractivity contribution in [2.75, 3.05) is 11.4 Å². The zero-order chi connectivity index (χ0) is 14.6. The molecular formula is C13H18N2O4. The molecule has 0 fully saturated rings. The number of nitrogens with zero attached hydrogens (tertiary/aromatic N) is 2. The highest BCUT2D eigenvalue weighted by Gasteiger charge is 2.21. The van der Waals surface area contributed by atoms with Crippen LogP contribution in [-0.4, -0.2) is 28.6 Å². The molecule has 1 aromatic rings. The second-order valence-corrected chi connectivity index (χ2v) is 4.31. The summed E-state index contributed by atoms with van der Waals surface area (Å²) in [6.07, 6.45) is 0.829. The molecule has 1 rings (SSSR count). The van der Waals surface area contributed by atoms with Crippen LogP contribution in [0.5, 0.6) is 0 Å². The maximum atomic E-state index is 11.2. The molecule has 6 nitrogen and oxygen atoms in total. The Morgan fingerprint density at radius 1 is 1.47 bits per heavy atom. The van der Waals surface area contributed by atoms with Gasteiger partial charge in [-0.2, -0.15) is 0 Å². The number of benzene rings is 1. The topological polar surface area (TPSA) is 83.7 Å². The predicted molar refractivity (Wildman–Crippen MR) is 72.8 cm³/mol. The lowest BCUT2D eigenvalue weighted by atomic mass is 10.1. The first-order valence-electron chi connectivity index (χ1n) is 6.20. The highest BCUT2D eigenvalue weighted by atomic mass is 16.6. The average molecular weight is 266 g/mol. The van der Waals surface area contributed by atoms with Crippen LogP contribution >= 0.6 is 0 Å². The summed E-state index contributed by atoms with van der Waals surface area (Å²) >= 11 is 0. The molecule has 0 spiro atoms. The van der Waals surface area contributed by atoms with Gasteiger partial charge in [-0.25, -0.2) is 4.79 Å². The van der Waals surface area contributed by atoms with Gasteiger partial charge in [-0.15, -0.1) is 0 Å². The molecule has 0 aliphatic carbocycles. The van der Waals surface area contributed by atoms with E-state index in [0.29, 0.717) is 12.2 Å². The fourth-order valence-corrected chi connectivity index (χ4v) is 1.99. The highest BCUT2D eigenvalue weighted by molar-refractivity contribution is 5.95. The molecule has 0 heterocycles. The van der Waals surface area contributed by atoms with Crippen molar-refractivity contribution < 1.29 is 14.8 Å². The zero-order valence-electron chi connectivity index (χ0n) is 11.3. The molecule has 6 heteroatoms. The fourth-order valence-electron chi connectivity index (χ4n) is 1.99. The van der Waals surface area contributed by atoms with Crippen molar-refractivity contribution in [3.05, 3.63) is 33.9 Å². The van der Waals surface area contributed by atoms with E-state index in [4.69, 9.17) is 0 Å². The van der Waals surface area contributed by atoms with Crippen LogP contribution in [0.3, 0.4) is 0 Å². The number of hydrogen-bond donors (Lipinski definition) is 1. The number of aromatic carboxylic acids is 1. The minimum Gasteiger partial charge on any atom is -0.478 e. The third kappa shape index (κ3) is 3.21. The second kappa shape index (κ2) is 6.17. The number of nitro benzene ring substituents is 1. The van der Waals surface area contributed by atoms with Crippen LogP contribution in [0.25, 0.3) is 0 Å². The number of non-ortho nitro benzene ring substituents is 1. The SMILES string of the molecule is CCC(C)N(CC)c1cc([N+](=O)[O-])ccc1C(=O)O. The van der Waals surface area contributed by atoms with Gasteiger partial charge in [0.15, 0.2) is 0 Å². The molecule has 0 aliphatic rings. The van der Waals surface area contributed by atoms with Crippen molar-refractivity contribution in [2.24, 2.45) is 0 Å². The van der Waals surface area contributed by atoms with Gasteiger partial charge in [0.2, 0.25) is 0 Å². The second-order valence-electron chi connectivity index (χ2n) is 4.31. The molecule has 0 radical (unpaired) electrons. The van der Waals surface area contributed by atoms with Gasteiger partial charge in [0.05, 0.1) is 16.2 Å². The van der Waals surface area contributed by atoms with E-state index < -0.39 is 10.9 Å². The van der Waals surface area contributed by atoms with E-state index in [1.54, 1.807) is 0 Å². The normalized spacial score (nSPS) is 11.9. The van der Waals surface area contributed by atoms with Gasteiger partial charge in [0, 0.05) is 24.7 Å². The van der Waals surface area contributed by atoms with Gasteiger partial charge in [-0.1, -0.05) is 6.92 Å². The lowest BCUT2D eigenvalue weighted by molar-refractivity contribution is -0.384. The molecule has 1 atom stereocenters. The fraction of sp³-hybridized carbons (Fsp3) is 0.462. The van der Waals surface area contributed by atoms with Crippen LogP contribution in [0.15, 0.2) is 18.2 Å². The summed E-state index contributed by atoms with van der Waals surface area (Å²) < 4.78 is 0. The highest BCUT2D eigenvalue weighted by Crippen LogP contribution is 2.28. The van der Waals surface area contributed by atoms with Crippen molar-refractivity contribution >= 4 is 17.3 Å². The van der Waals surface area contributed by atoms with E-state index in [9.17, 15) is 20.0 Å². The Kier molecular flexibility index (Phi) is 4.86. The van der Waals surface area contributed by atoms with Crippen LogP contribution in [0.2, 0.25) is 0 Å². The van der Waals surface area contributed by atoms with Gasteiger partial charge < -0.3 is 10.0 Å². The van der Waals surface area contributed by atoms with E-state index in [2.05, 4.69) is 0 Å². The van der Waals surface area contributed by atoms with E-state index in [0.717, 1.165) is 6.42 Å². The number of anilines is 1. The Morgan fingerprint density at radius 3 is 2.53 bits per heavy atom. The van der Waals surface area contributed by atoms with Crippen LogP contribution in [0, 0.1) is 10.1 Å². The van der Waals surface area contributed by atoms with E-state index in [1.165, 1.54) is 18.2 Å². The zero-order valence-corrected chi connectivity index (χ0v) is 11.3. The number of carboxylic acids is 1. The van der Waals surface area contributed by atoms with Gasteiger partial charge in [0.1, 0.15) is 0 Å². The maximum absolute atomic E-state index is 11.2. The summed E-state index contributed by atoms with van der Waals surface area (Å²) in [6.45, 7) is 6.45. The van der Waals surface area contributed by atoms with E-state index in [1.807, 2.05) is 25.7 Å². The maximum Gasteiger partial charge on any atom is 0.337 e. The van der Waals surface area contributed by atoms with Gasteiger partial charge >= 0.3 is 5.97 Å². The number of carbonyl (C=O) groups is 1. The number of hydrogen-bond acceptors (Lipinski definition) is 4. The lowest BCUT2D eigenvalue weighted by Crippen LogP contribution is -2.33. The van der Waals surface area contributed by atoms with Crippen LogP contribution in [-0.2, 0) is 0 Å². The first-order chi connectivity index (χ1) is 8.92. The van der Waals surface area contributed by atoms with E-state index in [-0.39, 0.29) is 17.3 Å². The van der Waals surface area contributed by atoms with Crippen LogP contribution < -0.4 is 4.90 Å². The summed E-state index contributed by atoms with van der Waals surface area (Å²) in [5.41, 5.74) is 0.396. The summed E-state index contributed by atoms with van der Waals surface area (Å²) in [6, 6.07) is 3.96. The first-order valence-corrected chi connectivity index (χ1v) is 6.20. The molecule has 1 unspecified atom stereocenters. The van der Waals surface area contributed by atoms with Crippen molar-refractivity contribution in [3.63, 3.8) is 0 Å². The van der Waals surface area contributed by atoms with Crippen molar-refractivity contribution in [1.29, 1.82) is 0 Å². The lowest BCUT2D eigenvalue weighted by Gasteiger charge is -2.30. The quantitative estimate of drug-likeness (QED) is 0.632. The van der Waals surface area contributed by atoms with Crippen molar-refractivity contribution in [2.45, 2.75) is 33.2 Å². The predicted octanol–water partition coefficient (Wildman–Crippen LogP) is 2.92. The molecule has 1 aromatic carbocycles. The number of nitro groups is 1. The smallest absolute Gasteiger partial charge is 0.337 e. The van der Waals surface area contributed by atoms with Gasteiger partial charge in [-0.3, -0.25) is 10.1 Å². The van der Waals surface area contributed by atoms with Crippen LogP contribution in [0.1, 0.15) is 37.6 Å². The Balaban J connectivity index is 3.38. The summed E-state index contributed by atoms with van der Waals surface area (Å²) in [4.78, 5) is 23.4. The van der Waals surface area contributed by atoms with Gasteiger partial charge in [0.25, 0.3) is 5.69 Å². The summed E-state index contributed by atoms with van der Waals surface area (Å²) in [7, 11) is 0. The molecular weight excluding hydrogens is 248 g/mol. The standard InChI is InChI=1S/C13H18N2O4/c1-4-9(3)14(5-2)12-8-10(15(18)19)6-7-11(12)13(16)17/h6-9H,4-5H2,1-3H3,(H,16,17). The van der Waals surface area contributed by atoms with Crippen molar-refractivity contribution in [1.82, 2.24) is 0 Å². The molecule has 0 amide bonds. The third-order valence-electron chi connectivity index (χ3n) is 3.20. The molecule has 0 aliphatic heterocycles. The van der Waals surface area contributed by atoms with Gasteiger partial charge in [-0.05, 0) is 26.3 Å². The molecule has 0 aromatic heterocycles. The molecule has 0 saturated heterocycles. The van der Waals surface area contributed by atoms with E-state index >= 15 is 0 Å². The molecule has 0 bridgehead atoms. The Morgan fingerprint density at radius 2 is 2.11 bits per heavy atom. The third-order valence-corrected chi connectivity index (χ3v) is 3.20. The largest absolute Gasteiger partial charge is 0.478 e. The molecule has 104 valence electrons. The summed E-state index contributed by atoms with van der Waals surface area (Å²) in [5.74, 6) is -1.08. The minimum atomic E-state index is -1.08. The number of carboxylic acid groups (broad SMARTS) is 1.